The van der Waals surface area contributed by atoms with Crippen LogP contribution < -0.4 is 9.64 Å². The predicted octanol–water partition coefficient (Wildman–Crippen LogP) is 2.17. The molecule has 1 aliphatic rings. The Morgan fingerprint density at radius 3 is 2.53 bits per heavy atom. The Kier molecular flexibility index (Phi) is 2.90. The lowest BCUT2D eigenvalue weighted by atomic mass is 10.2. The molecule has 0 spiro atoms. The molecule has 0 bridgehead atoms. The molecule has 88 valence electrons. The largest absolute Gasteiger partial charge is 0.495 e. The Balaban J connectivity index is 2.51. The maximum Gasteiger partial charge on any atom is 0.261 e. The minimum atomic E-state index is -0.381. The van der Waals surface area contributed by atoms with Gasteiger partial charge in [-0.1, -0.05) is 11.6 Å². The van der Waals surface area contributed by atoms with Crippen molar-refractivity contribution >= 4 is 29.1 Å². The molecule has 0 saturated carbocycles. The van der Waals surface area contributed by atoms with Crippen LogP contribution in [0, 0.1) is 0 Å². The highest BCUT2D eigenvalue weighted by Crippen LogP contribution is 2.34. The van der Waals surface area contributed by atoms with Gasteiger partial charge in [0.1, 0.15) is 5.75 Å². The highest BCUT2D eigenvalue weighted by atomic mass is 35.5. The van der Waals surface area contributed by atoms with Gasteiger partial charge in [-0.15, -0.1) is 0 Å². The molecule has 2 amide bonds. The van der Waals surface area contributed by atoms with E-state index >= 15 is 0 Å². The van der Waals surface area contributed by atoms with Crippen molar-refractivity contribution in [2.24, 2.45) is 0 Å². The Bertz CT molecular complexity index is 537. The molecule has 0 unspecified atom stereocenters. The molecule has 0 radical (unpaired) electrons. The number of hydrogen-bond acceptors (Lipinski definition) is 3. The third-order valence-electron chi connectivity index (χ3n) is 2.48. The van der Waals surface area contributed by atoms with Crippen LogP contribution in [0.25, 0.3) is 0 Å². The van der Waals surface area contributed by atoms with Crippen LogP contribution in [0.1, 0.15) is 6.92 Å². The summed E-state index contributed by atoms with van der Waals surface area (Å²) in [4.78, 5) is 24.6. The smallest absolute Gasteiger partial charge is 0.261 e. The van der Waals surface area contributed by atoms with E-state index in [0.29, 0.717) is 22.0 Å². The van der Waals surface area contributed by atoms with Gasteiger partial charge in [-0.3, -0.25) is 9.59 Å². The van der Waals surface area contributed by atoms with E-state index in [9.17, 15) is 9.59 Å². The number of benzene rings is 1. The minimum Gasteiger partial charge on any atom is -0.495 e. The van der Waals surface area contributed by atoms with Crippen molar-refractivity contribution < 1.29 is 14.3 Å². The van der Waals surface area contributed by atoms with E-state index < -0.39 is 0 Å². The summed E-state index contributed by atoms with van der Waals surface area (Å²) >= 11 is 5.86. The standard InChI is InChI=1S/C12H10ClNO3/c1-7-5-11(15)14(12(7)16)9-6-8(13)3-4-10(9)17-2/h3-6H,1-2H3. The summed E-state index contributed by atoms with van der Waals surface area (Å²) in [6.45, 7) is 1.59. The molecule has 1 aromatic rings. The molecule has 0 aliphatic carbocycles. The number of amides is 2. The van der Waals surface area contributed by atoms with Crippen molar-refractivity contribution in [3.63, 3.8) is 0 Å². The van der Waals surface area contributed by atoms with Gasteiger partial charge in [0.25, 0.3) is 11.8 Å². The Morgan fingerprint density at radius 2 is 2.00 bits per heavy atom. The molecule has 0 saturated heterocycles. The van der Waals surface area contributed by atoms with Crippen LogP contribution >= 0.6 is 11.6 Å². The molecular weight excluding hydrogens is 242 g/mol. The Labute approximate surface area is 103 Å². The molecule has 4 nitrogen and oxygen atoms in total. The van der Waals surface area contributed by atoms with Crippen LogP contribution in [0.3, 0.4) is 0 Å². The van der Waals surface area contributed by atoms with Gasteiger partial charge in [0, 0.05) is 16.7 Å². The molecule has 1 aromatic carbocycles. The number of carbonyl (C=O) groups is 2. The molecule has 0 atom stereocenters. The van der Waals surface area contributed by atoms with Gasteiger partial charge in [0.2, 0.25) is 0 Å². The van der Waals surface area contributed by atoms with E-state index in [-0.39, 0.29) is 11.8 Å². The summed E-state index contributed by atoms with van der Waals surface area (Å²) < 4.78 is 5.12. The molecule has 1 aliphatic heterocycles. The first kappa shape index (κ1) is 11.7. The van der Waals surface area contributed by atoms with E-state index in [1.807, 2.05) is 0 Å². The zero-order valence-corrected chi connectivity index (χ0v) is 10.1. The topological polar surface area (TPSA) is 46.6 Å². The monoisotopic (exact) mass is 251 g/mol. The van der Waals surface area contributed by atoms with Crippen LogP contribution in [0.5, 0.6) is 5.75 Å². The molecule has 5 heteroatoms. The highest BCUT2D eigenvalue weighted by Gasteiger charge is 2.31. The van der Waals surface area contributed by atoms with Crippen molar-refractivity contribution in [1.29, 1.82) is 0 Å². The number of rotatable bonds is 2. The second-order valence-electron chi connectivity index (χ2n) is 3.62. The van der Waals surface area contributed by atoms with Gasteiger partial charge < -0.3 is 4.74 Å². The van der Waals surface area contributed by atoms with Crippen LogP contribution in [0.4, 0.5) is 5.69 Å². The van der Waals surface area contributed by atoms with Gasteiger partial charge in [-0.05, 0) is 25.1 Å². The maximum atomic E-state index is 11.8. The van der Waals surface area contributed by atoms with E-state index in [0.717, 1.165) is 4.90 Å². The normalized spacial score (nSPS) is 15.2. The Hall–Kier alpha value is -1.81. The fourth-order valence-corrected chi connectivity index (χ4v) is 1.82. The number of halogens is 1. The maximum absolute atomic E-state index is 11.8. The van der Waals surface area contributed by atoms with Crippen LogP contribution in [-0.2, 0) is 9.59 Å². The third kappa shape index (κ3) is 1.91. The Morgan fingerprint density at radius 1 is 1.29 bits per heavy atom. The number of imide groups is 1. The number of hydrogen-bond donors (Lipinski definition) is 0. The number of nitrogens with zero attached hydrogens (tertiary/aromatic N) is 1. The fraction of sp³-hybridized carbons (Fsp3) is 0.167. The molecule has 0 aromatic heterocycles. The zero-order chi connectivity index (χ0) is 12.6. The van der Waals surface area contributed by atoms with Gasteiger partial charge in [-0.2, -0.15) is 0 Å². The quantitative estimate of drug-likeness (QED) is 0.757. The summed E-state index contributed by atoms with van der Waals surface area (Å²) in [5.74, 6) is -0.303. The number of anilines is 1. The lowest BCUT2D eigenvalue weighted by Crippen LogP contribution is -2.30. The van der Waals surface area contributed by atoms with Crippen molar-refractivity contribution in [2.45, 2.75) is 6.92 Å². The molecule has 2 rings (SSSR count). The van der Waals surface area contributed by atoms with Crippen molar-refractivity contribution in [2.75, 3.05) is 12.0 Å². The van der Waals surface area contributed by atoms with Crippen LogP contribution in [-0.4, -0.2) is 18.9 Å². The molecule has 0 fully saturated rings. The summed E-state index contributed by atoms with van der Waals surface area (Å²) in [5, 5.41) is 0.436. The van der Waals surface area contributed by atoms with Crippen molar-refractivity contribution in [1.82, 2.24) is 0 Å². The average molecular weight is 252 g/mol. The minimum absolute atomic E-state index is 0.351. The lowest BCUT2D eigenvalue weighted by Gasteiger charge is -2.17. The number of methoxy groups -OCH3 is 1. The van der Waals surface area contributed by atoms with Gasteiger partial charge in [-0.25, -0.2) is 4.90 Å². The second-order valence-corrected chi connectivity index (χ2v) is 4.06. The zero-order valence-electron chi connectivity index (χ0n) is 9.36. The van der Waals surface area contributed by atoms with Crippen LogP contribution in [0.15, 0.2) is 29.8 Å². The van der Waals surface area contributed by atoms with E-state index in [4.69, 9.17) is 16.3 Å². The number of carbonyl (C=O) groups excluding carboxylic acids is 2. The lowest BCUT2D eigenvalue weighted by molar-refractivity contribution is -0.120. The van der Waals surface area contributed by atoms with E-state index in [2.05, 4.69) is 0 Å². The average Bonchev–Trinajstić information content (AvgIpc) is 2.53. The molecular formula is C12H10ClNO3. The summed E-state index contributed by atoms with van der Waals surface area (Å²) in [6.07, 6.45) is 1.29. The number of ether oxygens (including phenoxy) is 1. The van der Waals surface area contributed by atoms with Gasteiger partial charge in [0.05, 0.1) is 12.8 Å². The SMILES string of the molecule is COc1ccc(Cl)cc1N1C(=O)C=C(C)C1=O. The summed E-state index contributed by atoms with van der Waals surface area (Å²) in [7, 11) is 1.47. The van der Waals surface area contributed by atoms with E-state index in [1.54, 1.807) is 19.1 Å². The molecule has 1 heterocycles. The molecule has 17 heavy (non-hydrogen) atoms. The predicted molar refractivity (Wildman–Crippen MR) is 64.3 cm³/mol. The molecule has 0 N–H and O–H groups in total. The first-order valence-corrected chi connectivity index (χ1v) is 5.32. The summed E-state index contributed by atoms with van der Waals surface area (Å²) in [5.41, 5.74) is 0.764. The highest BCUT2D eigenvalue weighted by molar-refractivity contribution is 6.33. The van der Waals surface area contributed by atoms with E-state index in [1.165, 1.54) is 19.3 Å². The first-order valence-electron chi connectivity index (χ1n) is 4.95. The van der Waals surface area contributed by atoms with Gasteiger partial charge in [0.15, 0.2) is 0 Å². The fourth-order valence-electron chi connectivity index (χ4n) is 1.65. The van der Waals surface area contributed by atoms with Gasteiger partial charge >= 0.3 is 0 Å². The summed E-state index contributed by atoms with van der Waals surface area (Å²) in [6, 6.07) is 4.78. The van der Waals surface area contributed by atoms with Crippen LogP contribution in [0.2, 0.25) is 5.02 Å². The second kappa shape index (κ2) is 4.22. The third-order valence-corrected chi connectivity index (χ3v) is 2.72. The van der Waals surface area contributed by atoms with Crippen molar-refractivity contribution in [3.8, 4) is 5.75 Å². The first-order chi connectivity index (χ1) is 8.04. The van der Waals surface area contributed by atoms with Crippen molar-refractivity contribution in [3.05, 3.63) is 34.9 Å².